The van der Waals surface area contributed by atoms with Gasteiger partial charge in [-0.15, -0.1) is 11.3 Å². The molecule has 0 unspecified atom stereocenters. The first-order chi connectivity index (χ1) is 27.0. The Morgan fingerprint density at radius 1 is 1.05 bits per heavy atom. The van der Waals surface area contributed by atoms with Crippen LogP contribution in [0.3, 0.4) is 0 Å². The average Bonchev–Trinajstić information content (AvgIpc) is 3.84. The third kappa shape index (κ3) is 7.90. The summed E-state index contributed by atoms with van der Waals surface area (Å²) in [6, 6.07) is 15.1. The van der Waals surface area contributed by atoms with E-state index in [1.807, 2.05) is 30.3 Å². The van der Waals surface area contributed by atoms with E-state index in [0.29, 0.717) is 99.4 Å². The molecule has 0 saturated carbocycles. The summed E-state index contributed by atoms with van der Waals surface area (Å²) in [5.41, 5.74) is 4.58. The highest BCUT2D eigenvalue weighted by atomic mass is 35.5. The zero-order valence-electron chi connectivity index (χ0n) is 30.3. The van der Waals surface area contributed by atoms with E-state index in [2.05, 4.69) is 30.8 Å². The lowest BCUT2D eigenvalue weighted by atomic mass is 9.91. The summed E-state index contributed by atoms with van der Waals surface area (Å²) >= 11 is 15.8. The number of carbonyl (C=O) groups is 2. The summed E-state index contributed by atoms with van der Waals surface area (Å²) < 4.78 is 33.1. The van der Waals surface area contributed by atoms with E-state index in [9.17, 15) is 23.5 Å². The zero-order chi connectivity index (χ0) is 39.1. The minimum atomic E-state index is -3.09. The number of thiazole rings is 1. The summed E-state index contributed by atoms with van der Waals surface area (Å²) in [4.78, 5) is 39.8. The predicted molar refractivity (Wildman–Crippen MR) is 213 cm³/mol. The van der Waals surface area contributed by atoms with Crippen molar-refractivity contribution in [1.82, 2.24) is 30.5 Å². The summed E-state index contributed by atoms with van der Waals surface area (Å²) in [5.74, 6) is -0.638. The first-order valence-electron chi connectivity index (χ1n) is 18.6. The summed E-state index contributed by atoms with van der Waals surface area (Å²) in [6.07, 6.45) is 6.26. The number of pyridine rings is 2. The van der Waals surface area contributed by atoms with Crippen molar-refractivity contribution < 1.29 is 28.2 Å². The average molecular weight is 823 g/mol. The number of rotatable bonds is 13. The van der Waals surface area contributed by atoms with Gasteiger partial charge in [-0.1, -0.05) is 53.5 Å². The van der Waals surface area contributed by atoms with E-state index >= 15 is 0 Å². The van der Waals surface area contributed by atoms with Crippen LogP contribution in [0.25, 0.3) is 32.6 Å². The third-order valence-electron chi connectivity index (χ3n) is 11.0. The van der Waals surface area contributed by atoms with Crippen molar-refractivity contribution in [3.63, 3.8) is 0 Å². The Hall–Kier alpha value is -4.47. The Bertz CT molecular complexity index is 2300. The molecule has 0 radical (unpaired) electrons. The van der Waals surface area contributed by atoms with Crippen LogP contribution in [0.4, 0.5) is 20.3 Å². The topological polar surface area (TPSA) is 142 Å². The lowest BCUT2D eigenvalue weighted by Crippen LogP contribution is -2.44. The Balaban J connectivity index is 1.03. The van der Waals surface area contributed by atoms with Gasteiger partial charge in [-0.05, 0) is 62.8 Å². The largest absolute Gasteiger partial charge is 0.481 e. The van der Waals surface area contributed by atoms with Gasteiger partial charge in [0.1, 0.15) is 10.5 Å². The number of nitrogens with one attached hydrogen (secondary N) is 3. The monoisotopic (exact) mass is 821 g/mol. The number of aliphatic carboxylic acids is 1. The number of anilines is 2. The molecule has 56 heavy (non-hydrogen) atoms. The molecule has 5 aromatic rings. The van der Waals surface area contributed by atoms with Gasteiger partial charge in [0.2, 0.25) is 11.8 Å². The normalized spacial score (nSPS) is 20.9. The minimum absolute atomic E-state index is 0.000453. The standard InChI is InChI=1S/C40H39Cl2F2N7O4S/c1-20-14-30(49-38(55-40(43)44)28(20)18-45-17-22-8-11-32(52)47-22)27-6-2-4-25(34(27)41)26-5-3-7-29(35(26)42)48-37-36-31(12-13-46-37)56-33(50-36)19-51-23-9-10-24(51)16-21(15-23)39(53)54/h2-7,12-14,21-24,40,45H,8-11,15-19H2,1H3,(H,46,48)(H,47,52)(H,53,54)/t21-,22-,23+,24-/m0/s1. The molecule has 292 valence electrons. The van der Waals surface area contributed by atoms with Crippen LogP contribution < -0.4 is 20.7 Å². The summed E-state index contributed by atoms with van der Waals surface area (Å²) in [5, 5.41) is 20.8. The Kier molecular flexibility index (Phi) is 11.1. The van der Waals surface area contributed by atoms with E-state index in [1.54, 1.807) is 42.7 Å². The molecule has 2 aromatic carbocycles. The van der Waals surface area contributed by atoms with Crippen molar-refractivity contribution in [3.05, 3.63) is 80.9 Å². The maximum absolute atomic E-state index is 13.6. The summed E-state index contributed by atoms with van der Waals surface area (Å²) in [6.45, 7) is 0.0780. The van der Waals surface area contributed by atoms with E-state index in [0.717, 1.165) is 22.5 Å². The van der Waals surface area contributed by atoms with Crippen molar-refractivity contribution in [2.75, 3.05) is 11.9 Å². The van der Waals surface area contributed by atoms with Gasteiger partial charge in [-0.25, -0.2) is 15.0 Å². The first kappa shape index (κ1) is 38.4. The van der Waals surface area contributed by atoms with Crippen LogP contribution in [-0.4, -0.2) is 68.1 Å². The number of halogens is 4. The van der Waals surface area contributed by atoms with Crippen LogP contribution in [0.5, 0.6) is 5.88 Å². The number of benzene rings is 2. The maximum Gasteiger partial charge on any atom is 0.388 e. The lowest BCUT2D eigenvalue weighted by Gasteiger charge is -2.36. The molecule has 4 N–H and O–H groups in total. The number of carboxylic acids is 1. The fourth-order valence-corrected chi connectivity index (χ4v) is 9.83. The van der Waals surface area contributed by atoms with Crippen LogP contribution in [0, 0.1) is 12.8 Å². The molecule has 1 amide bonds. The second-order valence-electron chi connectivity index (χ2n) is 14.6. The molecule has 3 fully saturated rings. The number of piperidine rings is 1. The van der Waals surface area contributed by atoms with Crippen LogP contribution in [0.1, 0.15) is 54.7 Å². The first-order valence-corrected chi connectivity index (χ1v) is 20.1. The molecule has 2 bridgehead atoms. The maximum atomic E-state index is 13.6. The number of nitrogens with zero attached hydrogens (tertiary/aromatic N) is 4. The molecule has 3 saturated heterocycles. The van der Waals surface area contributed by atoms with Crippen molar-refractivity contribution in [3.8, 4) is 28.3 Å². The highest BCUT2D eigenvalue weighted by Crippen LogP contribution is 2.44. The van der Waals surface area contributed by atoms with Gasteiger partial charge >= 0.3 is 12.6 Å². The van der Waals surface area contributed by atoms with Crippen molar-refractivity contribution in [1.29, 1.82) is 0 Å². The van der Waals surface area contributed by atoms with Crippen LogP contribution in [-0.2, 0) is 22.7 Å². The zero-order valence-corrected chi connectivity index (χ0v) is 32.7. The molecule has 6 heterocycles. The second-order valence-corrected chi connectivity index (χ2v) is 16.4. The van der Waals surface area contributed by atoms with Crippen molar-refractivity contribution in [2.24, 2.45) is 5.92 Å². The number of ether oxygens (including phenoxy) is 1. The lowest BCUT2D eigenvalue weighted by molar-refractivity contribution is -0.144. The molecule has 3 aliphatic heterocycles. The van der Waals surface area contributed by atoms with E-state index < -0.39 is 12.6 Å². The number of carbonyl (C=O) groups excluding carboxylic acids is 1. The van der Waals surface area contributed by atoms with Gasteiger partial charge in [-0.3, -0.25) is 14.5 Å². The number of fused-ring (bicyclic) bond motifs is 3. The molecule has 0 spiro atoms. The van der Waals surface area contributed by atoms with Crippen LogP contribution in [0.15, 0.2) is 54.7 Å². The Morgan fingerprint density at radius 2 is 1.79 bits per heavy atom. The molecule has 3 aliphatic rings. The minimum Gasteiger partial charge on any atom is -0.481 e. The van der Waals surface area contributed by atoms with Crippen LogP contribution >= 0.6 is 34.5 Å². The smallest absolute Gasteiger partial charge is 0.388 e. The third-order valence-corrected chi connectivity index (χ3v) is 12.8. The number of aryl methyl sites for hydroxylation is 1. The van der Waals surface area contributed by atoms with E-state index in [1.165, 1.54) is 0 Å². The molecule has 3 aromatic heterocycles. The molecule has 11 nitrogen and oxygen atoms in total. The number of hydrogen-bond donors (Lipinski definition) is 4. The van der Waals surface area contributed by atoms with Gasteiger partial charge in [0.25, 0.3) is 0 Å². The number of carboxylic acid groups (broad SMARTS) is 1. The quantitative estimate of drug-likeness (QED) is 0.0913. The van der Waals surface area contributed by atoms with Crippen LogP contribution in [0.2, 0.25) is 10.0 Å². The van der Waals surface area contributed by atoms with Gasteiger partial charge in [0.05, 0.1) is 38.6 Å². The van der Waals surface area contributed by atoms with Gasteiger partial charge in [0, 0.05) is 66.1 Å². The van der Waals surface area contributed by atoms with E-state index in [-0.39, 0.29) is 42.4 Å². The molecular weight excluding hydrogens is 783 g/mol. The second kappa shape index (κ2) is 16.2. The fraction of sp³-hybridized carbons (Fsp3) is 0.375. The van der Waals surface area contributed by atoms with Gasteiger partial charge in [-0.2, -0.15) is 8.78 Å². The number of aromatic nitrogens is 3. The molecular formula is C40H39Cl2F2N7O4S. The van der Waals surface area contributed by atoms with Gasteiger partial charge < -0.3 is 25.8 Å². The molecule has 4 atom stereocenters. The predicted octanol–water partition coefficient (Wildman–Crippen LogP) is 8.58. The summed E-state index contributed by atoms with van der Waals surface area (Å²) in [7, 11) is 0. The number of alkyl halides is 2. The highest BCUT2D eigenvalue weighted by molar-refractivity contribution is 7.18. The molecule has 0 aliphatic carbocycles. The highest BCUT2D eigenvalue weighted by Gasteiger charge is 2.43. The van der Waals surface area contributed by atoms with Gasteiger partial charge in [0.15, 0.2) is 5.82 Å². The Morgan fingerprint density at radius 3 is 2.50 bits per heavy atom. The molecule has 8 rings (SSSR count). The number of amides is 1. The fourth-order valence-electron chi connectivity index (χ4n) is 8.26. The Labute approximate surface area is 335 Å². The van der Waals surface area contributed by atoms with Crippen molar-refractivity contribution in [2.45, 2.75) is 83.3 Å². The number of hydrogen-bond acceptors (Lipinski definition) is 10. The van der Waals surface area contributed by atoms with Crippen molar-refractivity contribution >= 4 is 68.1 Å². The van der Waals surface area contributed by atoms with E-state index in [4.69, 9.17) is 32.9 Å². The molecule has 16 heteroatoms. The SMILES string of the molecule is Cc1cc(-c2cccc(-c3cccc(Nc4nccc5sc(CN6[C@@H]7CC[C@H]6C[C@@H](C(=O)O)C7)nc45)c3Cl)c2Cl)nc(OC(F)F)c1CNC[C@@H]1CCC(=O)N1.